The molecule has 2 heterocycles. The molecule has 0 radical (unpaired) electrons. The van der Waals surface area contributed by atoms with Crippen molar-refractivity contribution >= 4 is 34.5 Å². The lowest BCUT2D eigenvalue weighted by Crippen LogP contribution is -2.18. The topological polar surface area (TPSA) is 21.3 Å². The van der Waals surface area contributed by atoms with Crippen LogP contribution in [0.15, 0.2) is 17.5 Å². The second-order valence-electron chi connectivity index (χ2n) is 5.29. The minimum atomic E-state index is 0.169. The van der Waals surface area contributed by atoms with E-state index in [1.807, 2.05) is 26.1 Å². The van der Waals surface area contributed by atoms with E-state index in [1.165, 1.54) is 10.4 Å². The van der Waals surface area contributed by atoms with E-state index in [0.717, 1.165) is 46.4 Å². The molecular weight excluding hydrogens is 325 g/mol. The highest BCUT2D eigenvalue weighted by atomic mass is 35.5. The number of ether oxygens (including phenoxy) is 1. The van der Waals surface area contributed by atoms with Crippen molar-refractivity contribution in [3.05, 3.63) is 49.1 Å². The third kappa shape index (κ3) is 2.93. The van der Waals surface area contributed by atoms with Crippen molar-refractivity contribution in [3.63, 3.8) is 0 Å². The van der Waals surface area contributed by atoms with E-state index < -0.39 is 0 Å². The molecule has 1 aliphatic heterocycles. The zero-order valence-corrected chi connectivity index (χ0v) is 14.3. The summed E-state index contributed by atoms with van der Waals surface area (Å²) in [4.78, 5) is 1.17. The summed E-state index contributed by atoms with van der Waals surface area (Å²) in [7, 11) is 1.96. The smallest absolute Gasteiger partial charge is 0.125 e. The molecule has 1 atom stereocenters. The van der Waals surface area contributed by atoms with Gasteiger partial charge < -0.3 is 10.1 Å². The van der Waals surface area contributed by atoms with Crippen LogP contribution in [-0.2, 0) is 12.8 Å². The highest BCUT2D eigenvalue weighted by molar-refractivity contribution is 7.10. The Hall–Kier alpha value is -0.740. The predicted molar refractivity (Wildman–Crippen MR) is 90.2 cm³/mol. The maximum Gasteiger partial charge on any atom is 0.125 e. The highest BCUT2D eigenvalue weighted by Crippen LogP contribution is 2.38. The minimum absolute atomic E-state index is 0.169. The molecule has 21 heavy (non-hydrogen) atoms. The number of halogens is 2. The number of benzene rings is 1. The van der Waals surface area contributed by atoms with Crippen LogP contribution in [0.25, 0.3) is 0 Å². The van der Waals surface area contributed by atoms with Crippen molar-refractivity contribution in [2.45, 2.75) is 25.8 Å². The number of thiophene rings is 1. The predicted octanol–water partition coefficient (Wildman–Crippen LogP) is 4.80. The van der Waals surface area contributed by atoms with Gasteiger partial charge in [0.25, 0.3) is 0 Å². The standard InChI is InChI=1S/C16H17Cl2NOS/c1-9-8-21-16(14(9)18)13(19-2)7-11-6-12(17)5-10-3-4-20-15(10)11/h5-6,8,13,19H,3-4,7H2,1-2H3. The Morgan fingerprint density at radius 1 is 1.38 bits per heavy atom. The van der Waals surface area contributed by atoms with Crippen LogP contribution in [0.5, 0.6) is 5.75 Å². The number of nitrogens with one attached hydrogen (secondary N) is 1. The van der Waals surface area contributed by atoms with Crippen LogP contribution in [0.4, 0.5) is 0 Å². The van der Waals surface area contributed by atoms with Gasteiger partial charge in [0.1, 0.15) is 5.75 Å². The molecule has 0 saturated carbocycles. The Morgan fingerprint density at radius 2 is 2.19 bits per heavy atom. The van der Waals surface area contributed by atoms with Gasteiger partial charge in [0.2, 0.25) is 0 Å². The maximum absolute atomic E-state index is 6.41. The zero-order chi connectivity index (χ0) is 15.0. The molecule has 0 aliphatic carbocycles. The molecule has 1 aromatic heterocycles. The molecule has 1 unspecified atom stereocenters. The number of aryl methyl sites for hydroxylation is 1. The molecular formula is C16H17Cl2NOS. The van der Waals surface area contributed by atoms with Crippen LogP contribution in [0.1, 0.15) is 27.6 Å². The van der Waals surface area contributed by atoms with Crippen molar-refractivity contribution < 1.29 is 4.74 Å². The van der Waals surface area contributed by atoms with E-state index in [9.17, 15) is 0 Å². The van der Waals surface area contributed by atoms with Gasteiger partial charge in [0, 0.05) is 22.4 Å². The first kappa shape index (κ1) is 15.2. The normalized spacial score (nSPS) is 14.9. The minimum Gasteiger partial charge on any atom is -0.493 e. The molecule has 2 nitrogen and oxygen atoms in total. The van der Waals surface area contributed by atoms with E-state index in [-0.39, 0.29) is 6.04 Å². The largest absolute Gasteiger partial charge is 0.493 e. The van der Waals surface area contributed by atoms with E-state index >= 15 is 0 Å². The van der Waals surface area contributed by atoms with Crippen molar-refractivity contribution in [1.29, 1.82) is 0 Å². The molecule has 0 spiro atoms. The van der Waals surface area contributed by atoms with Gasteiger partial charge in [-0.2, -0.15) is 0 Å². The van der Waals surface area contributed by atoms with Crippen LogP contribution < -0.4 is 10.1 Å². The molecule has 1 aromatic carbocycles. The lowest BCUT2D eigenvalue weighted by Gasteiger charge is -2.17. The average Bonchev–Trinajstić information content (AvgIpc) is 3.04. The van der Waals surface area contributed by atoms with Crippen LogP contribution in [0, 0.1) is 6.92 Å². The maximum atomic E-state index is 6.41. The summed E-state index contributed by atoms with van der Waals surface area (Å²) in [5, 5.41) is 7.09. The number of likely N-dealkylation sites (N-methyl/N-ethyl adjacent to an activating group) is 1. The summed E-state index contributed by atoms with van der Waals surface area (Å²) >= 11 is 14.3. The number of hydrogen-bond donors (Lipinski definition) is 1. The molecule has 112 valence electrons. The van der Waals surface area contributed by atoms with Gasteiger partial charge in [-0.3, -0.25) is 0 Å². The molecule has 5 heteroatoms. The van der Waals surface area contributed by atoms with Crippen LogP contribution >= 0.6 is 34.5 Å². The molecule has 0 fully saturated rings. The molecule has 3 rings (SSSR count). The quantitative estimate of drug-likeness (QED) is 0.862. The summed E-state index contributed by atoms with van der Waals surface area (Å²) < 4.78 is 5.79. The van der Waals surface area contributed by atoms with Crippen molar-refractivity contribution in [1.82, 2.24) is 5.32 Å². The molecule has 0 bridgehead atoms. The lowest BCUT2D eigenvalue weighted by atomic mass is 10.0. The van der Waals surface area contributed by atoms with E-state index in [0.29, 0.717) is 0 Å². The Kier molecular flexibility index (Phi) is 4.46. The van der Waals surface area contributed by atoms with Crippen molar-refractivity contribution in [2.24, 2.45) is 0 Å². The first-order chi connectivity index (χ1) is 10.1. The van der Waals surface area contributed by atoms with E-state index in [4.69, 9.17) is 27.9 Å². The summed E-state index contributed by atoms with van der Waals surface area (Å²) in [6.07, 6.45) is 1.76. The Labute approximate surface area is 139 Å². The molecule has 1 aliphatic rings. The third-order valence-electron chi connectivity index (χ3n) is 3.84. The SMILES string of the molecule is CNC(Cc1cc(Cl)cc2c1OCC2)c1scc(C)c1Cl. The molecule has 0 saturated heterocycles. The van der Waals surface area contributed by atoms with Crippen LogP contribution in [0.3, 0.4) is 0 Å². The van der Waals surface area contributed by atoms with Crippen LogP contribution in [-0.4, -0.2) is 13.7 Å². The van der Waals surface area contributed by atoms with Gasteiger partial charge in [0.05, 0.1) is 11.6 Å². The second-order valence-corrected chi connectivity index (χ2v) is 7.02. The van der Waals surface area contributed by atoms with Gasteiger partial charge in [-0.25, -0.2) is 0 Å². The first-order valence-corrected chi connectivity index (χ1v) is 8.58. The fourth-order valence-corrected chi connectivity index (χ4v) is 4.43. The van der Waals surface area contributed by atoms with E-state index in [2.05, 4.69) is 10.7 Å². The summed E-state index contributed by atoms with van der Waals surface area (Å²) in [6.45, 7) is 2.78. The fourth-order valence-electron chi connectivity index (χ4n) is 2.73. The summed E-state index contributed by atoms with van der Waals surface area (Å²) in [5.74, 6) is 1.00. The molecule has 0 amide bonds. The van der Waals surface area contributed by atoms with Crippen molar-refractivity contribution in [3.8, 4) is 5.75 Å². The van der Waals surface area contributed by atoms with E-state index in [1.54, 1.807) is 11.3 Å². The third-order valence-corrected chi connectivity index (χ3v) is 5.89. The highest BCUT2D eigenvalue weighted by Gasteiger charge is 2.22. The Balaban J connectivity index is 1.93. The Morgan fingerprint density at radius 3 is 2.86 bits per heavy atom. The lowest BCUT2D eigenvalue weighted by molar-refractivity contribution is 0.352. The number of rotatable bonds is 4. The van der Waals surface area contributed by atoms with Gasteiger partial charge >= 0.3 is 0 Å². The van der Waals surface area contributed by atoms with Crippen molar-refractivity contribution in [2.75, 3.05) is 13.7 Å². The van der Waals surface area contributed by atoms with Gasteiger partial charge in [0.15, 0.2) is 0 Å². The van der Waals surface area contributed by atoms with Crippen LogP contribution in [0.2, 0.25) is 10.0 Å². The average molecular weight is 342 g/mol. The molecule has 1 N–H and O–H groups in total. The van der Waals surface area contributed by atoms with Gasteiger partial charge in [-0.1, -0.05) is 23.2 Å². The van der Waals surface area contributed by atoms with Gasteiger partial charge in [-0.15, -0.1) is 11.3 Å². The summed E-state index contributed by atoms with van der Waals surface area (Å²) in [6, 6.07) is 4.18. The second kappa shape index (κ2) is 6.17. The molecule has 2 aromatic rings. The van der Waals surface area contributed by atoms with Gasteiger partial charge in [-0.05, 0) is 54.6 Å². The first-order valence-electron chi connectivity index (χ1n) is 6.95. The monoisotopic (exact) mass is 341 g/mol. The number of fused-ring (bicyclic) bond motifs is 1. The fraction of sp³-hybridized carbons (Fsp3) is 0.375. The number of hydrogen-bond acceptors (Lipinski definition) is 3. The zero-order valence-electron chi connectivity index (χ0n) is 12.0. The summed E-state index contributed by atoms with van der Waals surface area (Å²) in [5.41, 5.74) is 3.49. The Bertz CT molecular complexity index is 669.